The number of unbranched alkanes of at least 4 members (excludes halogenated alkanes) is 2. The first kappa shape index (κ1) is 18.9. The van der Waals surface area contributed by atoms with Crippen LogP contribution < -0.4 is 5.46 Å². The van der Waals surface area contributed by atoms with Gasteiger partial charge in [-0.05, 0) is 67.1 Å². The fourth-order valence-electron chi connectivity index (χ4n) is 4.10. The maximum atomic E-state index is 6.14. The van der Waals surface area contributed by atoms with Crippen LogP contribution in [0.25, 0.3) is 27.5 Å². The van der Waals surface area contributed by atoms with E-state index in [0.717, 1.165) is 18.3 Å². The van der Waals surface area contributed by atoms with Gasteiger partial charge >= 0.3 is 0 Å². The molecule has 0 saturated carbocycles. The SMILES string of the molecule is [B]c1ccc2c(c1)c1cc(CCCC)ccc1n2-c1ccc(CCCC)cc1. The predicted octanol–water partition coefficient (Wildman–Crippen LogP) is 6.26. The van der Waals surface area contributed by atoms with Crippen LogP contribution in [0.5, 0.6) is 0 Å². The van der Waals surface area contributed by atoms with Crippen molar-refractivity contribution < 1.29 is 0 Å². The van der Waals surface area contributed by atoms with Gasteiger partial charge in [0.1, 0.15) is 7.85 Å². The summed E-state index contributed by atoms with van der Waals surface area (Å²) >= 11 is 0. The third kappa shape index (κ3) is 3.61. The molecule has 0 aliphatic heterocycles. The topological polar surface area (TPSA) is 4.93 Å². The molecule has 0 atom stereocenters. The Labute approximate surface area is 169 Å². The highest BCUT2D eigenvalue weighted by Crippen LogP contribution is 2.32. The lowest BCUT2D eigenvalue weighted by molar-refractivity contribution is 0.795. The third-order valence-corrected chi connectivity index (χ3v) is 5.69. The summed E-state index contributed by atoms with van der Waals surface area (Å²) in [4.78, 5) is 0. The van der Waals surface area contributed by atoms with E-state index in [9.17, 15) is 0 Å². The highest BCUT2D eigenvalue weighted by Gasteiger charge is 2.13. The van der Waals surface area contributed by atoms with Gasteiger partial charge in [-0.25, -0.2) is 0 Å². The van der Waals surface area contributed by atoms with Gasteiger partial charge in [-0.3, -0.25) is 0 Å². The molecule has 0 unspecified atom stereocenters. The largest absolute Gasteiger partial charge is 0.309 e. The van der Waals surface area contributed by atoms with Crippen LogP contribution >= 0.6 is 0 Å². The van der Waals surface area contributed by atoms with Gasteiger partial charge in [-0.2, -0.15) is 0 Å². The van der Waals surface area contributed by atoms with Crippen molar-refractivity contribution in [1.82, 2.24) is 4.57 Å². The number of aromatic nitrogens is 1. The molecule has 0 N–H and O–H groups in total. The van der Waals surface area contributed by atoms with Gasteiger partial charge < -0.3 is 4.57 Å². The molecule has 1 aromatic heterocycles. The minimum Gasteiger partial charge on any atom is -0.309 e. The Kier molecular flexibility index (Phi) is 5.57. The standard InChI is InChI=1S/C26H28BN/c1-3-5-7-19-9-13-22(14-10-19)28-25-15-11-20(8-6-4-2)17-23(25)24-18-21(27)12-16-26(24)28/h9-18H,3-8H2,1-2H3. The van der Waals surface area contributed by atoms with Gasteiger partial charge in [0.2, 0.25) is 0 Å². The normalized spacial score (nSPS) is 11.5. The predicted molar refractivity (Wildman–Crippen MR) is 123 cm³/mol. The molecule has 0 saturated heterocycles. The molecule has 2 heteroatoms. The molecule has 0 fully saturated rings. The Balaban J connectivity index is 1.86. The van der Waals surface area contributed by atoms with Crippen LogP contribution in [0.3, 0.4) is 0 Å². The minimum atomic E-state index is 0.820. The van der Waals surface area contributed by atoms with Gasteiger partial charge in [0, 0.05) is 16.5 Å². The van der Waals surface area contributed by atoms with E-state index in [2.05, 4.69) is 73.0 Å². The zero-order valence-electron chi connectivity index (χ0n) is 17.0. The van der Waals surface area contributed by atoms with E-state index in [-0.39, 0.29) is 0 Å². The van der Waals surface area contributed by atoms with Gasteiger partial charge in [0.15, 0.2) is 0 Å². The first-order chi connectivity index (χ1) is 13.7. The number of hydrogen-bond donors (Lipinski definition) is 0. The summed E-state index contributed by atoms with van der Waals surface area (Å²) in [6.07, 6.45) is 7.21. The summed E-state index contributed by atoms with van der Waals surface area (Å²) < 4.78 is 2.37. The molecule has 2 radical (unpaired) electrons. The summed E-state index contributed by atoms with van der Waals surface area (Å²) in [5, 5.41) is 2.54. The fraction of sp³-hybridized carbons (Fsp3) is 0.308. The second-order valence-corrected chi connectivity index (χ2v) is 7.84. The van der Waals surface area contributed by atoms with Crippen LogP contribution in [-0.4, -0.2) is 12.4 Å². The molecular weight excluding hydrogens is 337 g/mol. The van der Waals surface area contributed by atoms with Crippen LogP contribution in [0.1, 0.15) is 50.7 Å². The molecule has 140 valence electrons. The van der Waals surface area contributed by atoms with Crippen molar-refractivity contribution in [2.24, 2.45) is 0 Å². The van der Waals surface area contributed by atoms with Crippen molar-refractivity contribution >= 4 is 35.1 Å². The lowest BCUT2D eigenvalue weighted by Gasteiger charge is -2.09. The molecule has 0 amide bonds. The van der Waals surface area contributed by atoms with Gasteiger partial charge in [0.25, 0.3) is 0 Å². The van der Waals surface area contributed by atoms with Crippen LogP contribution in [0, 0.1) is 0 Å². The minimum absolute atomic E-state index is 0.820. The number of nitrogens with zero attached hydrogens (tertiary/aromatic N) is 1. The molecule has 1 nitrogen and oxygen atoms in total. The molecule has 4 aromatic rings. The van der Waals surface area contributed by atoms with Crippen LogP contribution in [0.4, 0.5) is 0 Å². The maximum Gasteiger partial charge on any atom is 0.113 e. The third-order valence-electron chi connectivity index (χ3n) is 5.69. The molecule has 3 aromatic carbocycles. The lowest BCUT2D eigenvalue weighted by atomic mass is 9.94. The Morgan fingerprint density at radius 2 is 1.25 bits per heavy atom. The highest BCUT2D eigenvalue weighted by molar-refractivity contribution is 6.33. The molecule has 0 aliphatic carbocycles. The van der Waals surface area contributed by atoms with E-state index in [1.54, 1.807) is 0 Å². The first-order valence-corrected chi connectivity index (χ1v) is 10.6. The van der Waals surface area contributed by atoms with Crippen molar-refractivity contribution in [1.29, 1.82) is 0 Å². The average Bonchev–Trinajstić information content (AvgIpc) is 3.04. The molecule has 28 heavy (non-hydrogen) atoms. The van der Waals surface area contributed by atoms with Gasteiger partial charge in [-0.15, -0.1) is 0 Å². The Morgan fingerprint density at radius 1 is 0.679 bits per heavy atom. The number of aryl methyl sites for hydroxylation is 2. The first-order valence-electron chi connectivity index (χ1n) is 10.6. The number of benzene rings is 3. The van der Waals surface area contributed by atoms with Crippen LogP contribution in [0.15, 0.2) is 60.7 Å². The van der Waals surface area contributed by atoms with E-state index in [1.165, 1.54) is 64.3 Å². The summed E-state index contributed by atoms with van der Waals surface area (Å²) in [5.74, 6) is 0. The lowest BCUT2D eigenvalue weighted by Crippen LogP contribution is -2.00. The van der Waals surface area contributed by atoms with E-state index >= 15 is 0 Å². The Morgan fingerprint density at radius 3 is 1.93 bits per heavy atom. The quantitative estimate of drug-likeness (QED) is 0.341. The zero-order chi connectivity index (χ0) is 19.5. The monoisotopic (exact) mass is 365 g/mol. The fourth-order valence-corrected chi connectivity index (χ4v) is 4.10. The summed E-state index contributed by atoms with van der Waals surface area (Å²) in [6, 6.07) is 22.3. The molecule has 1 heterocycles. The van der Waals surface area contributed by atoms with Crippen LogP contribution in [0.2, 0.25) is 0 Å². The maximum absolute atomic E-state index is 6.14. The molecule has 0 bridgehead atoms. The van der Waals surface area contributed by atoms with E-state index in [0.29, 0.717) is 0 Å². The number of rotatable bonds is 7. The van der Waals surface area contributed by atoms with Crippen molar-refractivity contribution in [2.75, 3.05) is 0 Å². The van der Waals surface area contributed by atoms with E-state index in [4.69, 9.17) is 7.85 Å². The Bertz CT molecular complexity index is 1090. The molecular formula is C26H28BN. The molecule has 0 spiro atoms. The second kappa shape index (κ2) is 8.26. The van der Waals surface area contributed by atoms with Crippen molar-refractivity contribution in [3.8, 4) is 5.69 Å². The summed E-state index contributed by atoms with van der Waals surface area (Å²) in [6.45, 7) is 4.49. The van der Waals surface area contributed by atoms with Crippen molar-refractivity contribution in [3.63, 3.8) is 0 Å². The molecule has 0 aliphatic rings. The number of fused-ring (bicyclic) bond motifs is 3. The summed E-state index contributed by atoms with van der Waals surface area (Å²) in [5.41, 5.74) is 7.33. The van der Waals surface area contributed by atoms with E-state index < -0.39 is 0 Å². The smallest absolute Gasteiger partial charge is 0.113 e. The highest BCUT2D eigenvalue weighted by atomic mass is 15.0. The average molecular weight is 365 g/mol. The van der Waals surface area contributed by atoms with Crippen molar-refractivity contribution in [3.05, 3.63) is 71.8 Å². The zero-order valence-corrected chi connectivity index (χ0v) is 17.0. The van der Waals surface area contributed by atoms with E-state index in [1.807, 2.05) is 6.07 Å². The number of hydrogen-bond acceptors (Lipinski definition) is 0. The van der Waals surface area contributed by atoms with Gasteiger partial charge in [-0.1, -0.05) is 62.5 Å². The van der Waals surface area contributed by atoms with Gasteiger partial charge in [0.05, 0.1) is 11.0 Å². The Hall–Kier alpha value is -2.48. The molecule has 4 rings (SSSR count). The van der Waals surface area contributed by atoms with Crippen molar-refractivity contribution in [2.45, 2.75) is 52.4 Å². The summed E-state index contributed by atoms with van der Waals surface area (Å²) in [7, 11) is 6.14. The second-order valence-electron chi connectivity index (χ2n) is 7.84. The van der Waals surface area contributed by atoms with Crippen LogP contribution in [-0.2, 0) is 12.8 Å².